The average molecular weight is 320 g/mol. The smallest absolute Gasteiger partial charge is 0.233 e. The van der Waals surface area contributed by atoms with Crippen molar-refractivity contribution in [3.05, 3.63) is 76.9 Å². The summed E-state index contributed by atoms with van der Waals surface area (Å²) in [6, 6.07) is 17.3. The van der Waals surface area contributed by atoms with E-state index >= 15 is 0 Å². The Morgan fingerprint density at radius 3 is 2.12 bits per heavy atom. The van der Waals surface area contributed by atoms with E-state index in [1.165, 1.54) is 0 Å². The number of Topliss-reactive ketones (excluding diaryl/α,β-unsaturated/α-hetero) is 2. The predicted octanol–water partition coefficient (Wildman–Crippen LogP) is 2.51. The first-order valence-corrected chi connectivity index (χ1v) is 7.92. The van der Waals surface area contributed by atoms with Crippen LogP contribution in [0.4, 0.5) is 0 Å². The molecule has 0 atom stereocenters. The van der Waals surface area contributed by atoms with Crippen LogP contribution < -0.4 is 5.32 Å². The summed E-state index contributed by atoms with van der Waals surface area (Å²) in [5.41, 5.74) is 3.68. The molecule has 1 aliphatic carbocycles. The lowest BCUT2D eigenvalue weighted by molar-refractivity contribution is -0.112. The number of nitrogens with zero attached hydrogens (tertiary/aromatic N) is 1. The molecule has 1 aliphatic rings. The Kier molecular flexibility index (Phi) is 4.58. The van der Waals surface area contributed by atoms with Gasteiger partial charge in [0.05, 0.1) is 5.70 Å². The SMILES string of the molecule is CN(C)CC1=C(NCc2ccccc2)c2ccccc2C(=O)C1=O. The number of carbonyl (C=O) groups excluding carboxylic acids is 2. The fraction of sp³-hybridized carbons (Fsp3) is 0.200. The van der Waals surface area contributed by atoms with E-state index in [-0.39, 0.29) is 0 Å². The first-order valence-electron chi connectivity index (χ1n) is 7.92. The lowest BCUT2D eigenvalue weighted by Crippen LogP contribution is -2.33. The second kappa shape index (κ2) is 6.81. The van der Waals surface area contributed by atoms with Crippen molar-refractivity contribution in [1.29, 1.82) is 0 Å². The molecule has 4 nitrogen and oxygen atoms in total. The molecule has 0 saturated carbocycles. The Morgan fingerprint density at radius 2 is 1.46 bits per heavy atom. The summed E-state index contributed by atoms with van der Waals surface area (Å²) in [5.74, 6) is -0.842. The van der Waals surface area contributed by atoms with Gasteiger partial charge < -0.3 is 10.2 Å². The molecule has 1 N–H and O–H groups in total. The second-order valence-corrected chi connectivity index (χ2v) is 6.13. The molecule has 0 radical (unpaired) electrons. The number of nitrogens with one attached hydrogen (secondary N) is 1. The van der Waals surface area contributed by atoms with E-state index in [1.807, 2.05) is 61.5 Å². The van der Waals surface area contributed by atoms with Crippen molar-refractivity contribution in [3.8, 4) is 0 Å². The average Bonchev–Trinajstić information content (AvgIpc) is 2.60. The van der Waals surface area contributed by atoms with Crippen LogP contribution >= 0.6 is 0 Å². The fourth-order valence-electron chi connectivity index (χ4n) is 2.89. The number of fused-ring (bicyclic) bond motifs is 1. The van der Waals surface area contributed by atoms with Gasteiger partial charge in [0.25, 0.3) is 0 Å². The minimum Gasteiger partial charge on any atom is -0.380 e. The van der Waals surface area contributed by atoms with Crippen molar-refractivity contribution in [2.24, 2.45) is 0 Å². The molecule has 0 aliphatic heterocycles. The predicted molar refractivity (Wildman–Crippen MR) is 94.5 cm³/mol. The Balaban J connectivity index is 2.02. The molecule has 0 heterocycles. The lowest BCUT2D eigenvalue weighted by Gasteiger charge is -2.24. The van der Waals surface area contributed by atoms with Gasteiger partial charge in [-0.3, -0.25) is 9.59 Å². The summed E-state index contributed by atoms with van der Waals surface area (Å²) in [5, 5.41) is 3.38. The van der Waals surface area contributed by atoms with Crippen molar-refractivity contribution < 1.29 is 9.59 Å². The summed E-state index contributed by atoms with van der Waals surface area (Å²) >= 11 is 0. The van der Waals surface area contributed by atoms with E-state index in [2.05, 4.69) is 5.32 Å². The summed E-state index contributed by atoms with van der Waals surface area (Å²) in [6.07, 6.45) is 0. The number of carbonyl (C=O) groups is 2. The second-order valence-electron chi connectivity index (χ2n) is 6.13. The molecule has 0 spiro atoms. The van der Waals surface area contributed by atoms with E-state index < -0.39 is 11.6 Å². The maximum absolute atomic E-state index is 12.6. The Morgan fingerprint density at radius 1 is 0.833 bits per heavy atom. The number of benzene rings is 2. The van der Waals surface area contributed by atoms with Crippen LogP contribution in [-0.2, 0) is 11.3 Å². The highest BCUT2D eigenvalue weighted by Gasteiger charge is 2.32. The third kappa shape index (κ3) is 3.14. The Labute approximate surface area is 141 Å². The minimum atomic E-state index is -0.423. The summed E-state index contributed by atoms with van der Waals surface area (Å²) in [7, 11) is 3.78. The molecule has 3 rings (SSSR count). The molecule has 0 amide bonds. The fourth-order valence-corrected chi connectivity index (χ4v) is 2.89. The normalized spacial score (nSPS) is 14.1. The maximum Gasteiger partial charge on any atom is 0.233 e. The van der Waals surface area contributed by atoms with E-state index in [0.717, 1.165) is 16.8 Å². The molecule has 0 fully saturated rings. The molecule has 0 bridgehead atoms. The van der Waals surface area contributed by atoms with Crippen LogP contribution in [0.15, 0.2) is 60.2 Å². The molecular weight excluding hydrogens is 300 g/mol. The molecule has 4 heteroatoms. The van der Waals surface area contributed by atoms with Gasteiger partial charge in [-0.15, -0.1) is 0 Å². The molecule has 0 saturated heterocycles. The van der Waals surface area contributed by atoms with Gasteiger partial charge >= 0.3 is 0 Å². The van der Waals surface area contributed by atoms with Crippen LogP contribution in [0, 0.1) is 0 Å². The summed E-state index contributed by atoms with van der Waals surface area (Å²) in [4.78, 5) is 26.9. The van der Waals surface area contributed by atoms with Gasteiger partial charge in [0, 0.05) is 29.8 Å². The van der Waals surface area contributed by atoms with Crippen molar-refractivity contribution in [1.82, 2.24) is 10.2 Å². The van der Waals surface area contributed by atoms with Crippen LogP contribution in [0.3, 0.4) is 0 Å². The van der Waals surface area contributed by atoms with Gasteiger partial charge in [0.2, 0.25) is 11.6 Å². The largest absolute Gasteiger partial charge is 0.380 e. The van der Waals surface area contributed by atoms with Crippen LogP contribution in [0.1, 0.15) is 21.5 Å². The molecule has 122 valence electrons. The van der Waals surface area contributed by atoms with E-state index in [4.69, 9.17) is 0 Å². The summed E-state index contributed by atoms with van der Waals surface area (Å²) < 4.78 is 0. The zero-order valence-corrected chi connectivity index (χ0v) is 13.9. The minimum absolute atomic E-state index is 0.419. The van der Waals surface area contributed by atoms with Crippen LogP contribution in [0.2, 0.25) is 0 Å². The lowest BCUT2D eigenvalue weighted by atomic mass is 9.87. The van der Waals surface area contributed by atoms with Crippen LogP contribution in [-0.4, -0.2) is 37.1 Å². The highest BCUT2D eigenvalue weighted by atomic mass is 16.2. The third-order valence-electron chi connectivity index (χ3n) is 4.01. The number of hydrogen-bond acceptors (Lipinski definition) is 4. The zero-order chi connectivity index (χ0) is 17.1. The van der Waals surface area contributed by atoms with Crippen molar-refractivity contribution in [2.45, 2.75) is 6.54 Å². The highest BCUT2D eigenvalue weighted by Crippen LogP contribution is 2.28. The molecule has 24 heavy (non-hydrogen) atoms. The Hall–Kier alpha value is -2.72. The van der Waals surface area contributed by atoms with E-state index in [9.17, 15) is 9.59 Å². The Bertz CT molecular complexity index is 807. The molecule has 0 aromatic heterocycles. The first-order chi connectivity index (χ1) is 11.6. The molecule has 2 aromatic rings. The standard InChI is InChI=1S/C20H20N2O2/c1-22(2)13-17-18(21-12-14-8-4-3-5-9-14)15-10-6-7-11-16(15)19(23)20(17)24/h3-11,21H,12-13H2,1-2H3. The number of rotatable bonds is 5. The first kappa shape index (κ1) is 16.1. The van der Waals surface area contributed by atoms with Crippen molar-refractivity contribution >= 4 is 17.3 Å². The van der Waals surface area contributed by atoms with E-state index in [1.54, 1.807) is 12.1 Å². The van der Waals surface area contributed by atoms with Crippen molar-refractivity contribution in [2.75, 3.05) is 20.6 Å². The number of ketones is 2. The van der Waals surface area contributed by atoms with Crippen LogP contribution in [0.25, 0.3) is 5.70 Å². The zero-order valence-electron chi connectivity index (χ0n) is 13.9. The van der Waals surface area contributed by atoms with Crippen molar-refractivity contribution in [3.63, 3.8) is 0 Å². The maximum atomic E-state index is 12.6. The van der Waals surface area contributed by atoms with Gasteiger partial charge in [0.15, 0.2) is 0 Å². The van der Waals surface area contributed by atoms with Crippen LogP contribution in [0.5, 0.6) is 0 Å². The highest BCUT2D eigenvalue weighted by molar-refractivity contribution is 6.52. The molecule has 2 aromatic carbocycles. The monoisotopic (exact) mass is 320 g/mol. The van der Waals surface area contributed by atoms with Gasteiger partial charge in [-0.1, -0.05) is 54.6 Å². The van der Waals surface area contributed by atoms with Gasteiger partial charge in [-0.2, -0.15) is 0 Å². The molecule has 0 unspecified atom stereocenters. The van der Waals surface area contributed by atoms with Gasteiger partial charge in [-0.25, -0.2) is 0 Å². The molecular formula is C20H20N2O2. The number of hydrogen-bond donors (Lipinski definition) is 1. The number of likely N-dealkylation sites (N-methyl/N-ethyl adjacent to an activating group) is 1. The topological polar surface area (TPSA) is 49.4 Å². The van der Waals surface area contributed by atoms with E-state index in [0.29, 0.717) is 24.2 Å². The quantitative estimate of drug-likeness (QED) is 0.860. The van der Waals surface area contributed by atoms with Gasteiger partial charge in [-0.05, 0) is 19.7 Å². The van der Waals surface area contributed by atoms with Gasteiger partial charge in [0.1, 0.15) is 0 Å². The third-order valence-corrected chi connectivity index (χ3v) is 4.01. The summed E-state index contributed by atoms with van der Waals surface area (Å²) in [6.45, 7) is 1.03.